The zero-order chi connectivity index (χ0) is 13.1. The van der Waals surface area contributed by atoms with E-state index in [0.29, 0.717) is 17.1 Å². The molecular formula is C13H16BrClN2O. The number of likely N-dealkylation sites (N-methyl/N-ethyl adjacent to an activating group) is 1. The van der Waals surface area contributed by atoms with E-state index in [4.69, 9.17) is 11.6 Å². The second-order valence-electron chi connectivity index (χ2n) is 4.36. The van der Waals surface area contributed by atoms with Gasteiger partial charge in [-0.25, -0.2) is 0 Å². The van der Waals surface area contributed by atoms with Crippen LogP contribution in [0.5, 0.6) is 0 Å². The monoisotopic (exact) mass is 330 g/mol. The molecule has 18 heavy (non-hydrogen) atoms. The van der Waals surface area contributed by atoms with Gasteiger partial charge in [0.1, 0.15) is 0 Å². The SMILES string of the molecule is CCN(C(=O)c1ccc(Br)cc1Cl)C1CCNC1. The number of rotatable bonds is 3. The Morgan fingerprint density at radius 2 is 2.39 bits per heavy atom. The number of amides is 1. The molecule has 5 heteroatoms. The molecule has 0 spiro atoms. The molecule has 0 saturated carbocycles. The predicted octanol–water partition coefficient (Wildman–Crippen LogP) is 2.93. The van der Waals surface area contributed by atoms with Gasteiger partial charge in [0.2, 0.25) is 0 Å². The van der Waals surface area contributed by atoms with Crippen LogP contribution in [0.4, 0.5) is 0 Å². The third-order valence-corrected chi connectivity index (χ3v) is 4.04. The topological polar surface area (TPSA) is 32.3 Å². The van der Waals surface area contributed by atoms with Crippen LogP contribution in [-0.2, 0) is 0 Å². The van der Waals surface area contributed by atoms with Gasteiger partial charge in [-0.05, 0) is 38.1 Å². The number of carbonyl (C=O) groups is 1. The second-order valence-corrected chi connectivity index (χ2v) is 5.68. The van der Waals surface area contributed by atoms with Crippen LogP contribution in [0.1, 0.15) is 23.7 Å². The highest BCUT2D eigenvalue weighted by Crippen LogP contribution is 2.24. The Morgan fingerprint density at radius 1 is 1.61 bits per heavy atom. The van der Waals surface area contributed by atoms with Crippen LogP contribution in [-0.4, -0.2) is 36.5 Å². The molecule has 0 aromatic heterocycles. The van der Waals surface area contributed by atoms with Crippen LogP contribution in [0.15, 0.2) is 22.7 Å². The lowest BCUT2D eigenvalue weighted by Crippen LogP contribution is -2.41. The van der Waals surface area contributed by atoms with Crippen LogP contribution in [0.25, 0.3) is 0 Å². The van der Waals surface area contributed by atoms with Crippen molar-refractivity contribution >= 4 is 33.4 Å². The van der Waals surface area contributed by atoms with Crippen LogP contribution in [0, 0.1) is 0 Å². The maximum atomic E-state index is 12.5. The molecule has 1 amide bonds. The van der Waals surface area contributed by atoms with Gasteiger partial charge in [0.05, 0.1) is 10.6 Å². The summed E-state index contributed by atoms with van der Waals surface area (Å²) in [6, 6.07) is 5.66. The first-order chi connectivity index (χ1) is 8.63. The van der Waals surface area contributed by atoms with E-state index in [-0.39, 0.29) is 11.9 Å². The molecule has 0 aliphatic carbocycles. The summed E-state index contributed by atoms with van der Waals surface area (Å²) in [6.45, 7) is 4.55. The van der Waals surface area contributed by atoms with Crippen LogP contribution in [0.2, 0.25) is 5.02 Å². The Balaban J connectivity index is 2.22. The fraction of sp³-hybridized carbons (Fsp3) is 0.462. The third-order valence-electron chi connectivity index (χ3n) is 3.24. The summed E-state index contributed by atoms with van der Waals surface area (Å²) < 4.78 is 0.884. The fourth-order valence-electron chi connectivity index (χ4n) is 2.29. The first kappa shape index (κ1) is 13.8. The largest absolute Gasteiger partial charge is 0.335 e. The molecule has 1 fully saturated rings. The number of nitrogens with zero attached hydrogens (tertiary/aromatic N) is 1. The number of hydrogen-bond acceptors (Lipinski definition) is 2. The second kappa shape index (κ2) is 6.04. The molecule has 1 unspecified atom stereocenters. The Bertz CT molecular complexity index is 447. The van der Waals surface area contributed by atoms with E-state index in [0.717, 1.165) is 24.0 Å². The molecule has 0 bridgehead atoms. The van der Waals surface area contributed by atoms with Gasteiger partial charge in [-0.15, -0.1) is 0 Å². The van der Waals surface area contributed by atoms with E-state index in [1.807, 2.05) is 17.9 Å². The maximum absolute atomic E-state index is 12.5. The minimum Gasteiger partial charge on any atom is -0.335 e. The lowest BCUT2D eigenvalue weighted by molar-refractivity contribution is 0.0704. The number of benzene rings is 1. The molecule has 1 aliphatic heterocycles. The molecule has 1 saturated heterocycles. The van der Waals surface area contributed by atoms with Gasteiger partial charge in [-0.1, -0.05) is 27.5 Å². The van der Waals surface area contributed by atoms with Gasteiger partial charge in [0.15, 0.2) is 0 Å². The molecule has 98 valence electrons. The van der Waals surface area contributed by atoms with E-state index < -0.39 is 0 Å². The summed E-state index contributed by atoms with van der Waals surface area (Å²) in [6.07, 6.45) is 1.01. The fourth-order valence-corrected chi connectivity index (χ4v) is 3.04. The van der Waals surface area contributed by atoms with Gasteiger partial charge in [-0.2, -0.15) is 0 Å². The molecule has 3 nitrogen and oxygen atoms in total. The molecule has 1 aromatic rings. The quantitative estimate of drug-likeness (QED) is 0.923. The minimum absolute atomic E-state index is 0.0173. The maximum Gasteiger partial charge on any atom is 0.255 e. The molecule has 1 aliphatic rings. The summed E-state index contributed by atoms with van der Waals surface area (Å²) in [5, 5.41) is 3.78. The van der Waals surface area contributed by atoms with Gasteiger partial charge < -0.3 is 10.2 Å². The average Bonchev–Trinajstić information content (AvgIpc) is 2.83. The van der Waals surface area contributed by atoms with Crippen molar-refractivity contribution in [2.24, 2.45) is 0 Å². The van der Waals surface area contributed by atoms with Crippen molar-refractivity contribution in [3.05, 3.63) is 33.3 Å². The van der Waals surface area contributed by atoms with E-state index in [1.54, 1.807) is 12.1 Å². The van der Waals surface area contributed by atoms with Crippen molar-refractivity contribution in [1.82, 2.24) is 10.2 Å². The van der Waals surface area contributed by atoms with Crippen molar-refractivity contribution in [2.45, 2.75) is 19.4 Å². The van der Waals surface area contributed by atoms with E-state index in [2.05, 4.69) is 21.2 Å². The number of halogens is 2. The van der Waals surface area contributed by atoms with Crippen LogP contribution in [0.3, 0.4) is 0 Å². The standard InChI is InChI=1S/C13H16BrClN2O/c1-2-17(10-5-6-16-8-10)13(18)11-4-3-9(14)7-12(11)15/h3-4,7,10,16H,2,5-6,8H2,1H3. The Morgan fingerprint density at radius 3 is 2.94 bits per heavy atom. The van der Waals surface area contributed by atoms with Crippen molar-refractivity contribution in [3.8, 4) is 0 Å². The lowest BCUT2D eigenvalue weighted by Gasteiger charge is -2.27. The Kier molecular flexibility index (Phi) is 4.65. The molecule has 2 rings (SSSR count). The zero-order valence-electron chi connectivity index (χ0n) is 10.2. The van der Waals surface area contributed by atoms with Crippen LogP contribution >= 0.6 is 27.5 Å². The zero-order valence-corrected chi connectivity index (χ0v) is 12.6. The highest BCUT2D eigenvalue weighted by Gasteiger charge is 2.27. The molecule has 1 atom stereocenters. The van der Waals surface area contributed by atoms with Gasteiger partial charge in [-0.3, -0.25) is 4.79 Å². The first-order valence-electron chi connectivity index (χ1n) is 6.10. The number of carbonyl (C=O) groups excluding carboxylic acids is 1. The van der Waals surface area contributed by atoms with Gasteiger partial charge in [0, 0.05) is 23.6 Å². The van der Waals surface area contributed by atoms with Gasteiger partial charge >= 0.3 is 0 Å². The van der Waals surface area contributed by atoms with Crippen molar-refractivity contribution in [2.75, 3.05) is 19.6 Å². The summed E-state index contributed by atoms with van der Waals surface area (Å²) in [4.78, 5) is 14.4. The van der Waals surface area contributed by atoms with Crippen molar-refractivity contribution in [1.29, 1.82) is 0 Å². The van der Waals surface area contributed by atoms with E-state index in [1.165, 1.54) is 0 Å². The third kappa shape index (κ3) is 2.87. The average molecular weight is 332 g/mol. The van der Waals surface area contributed by atoms with E-state index >= 15 is 0 Å². The highest BCUT2D eigenvalue weighted by atomic mass is 79.9. The summed E-state index contributed by atoms with van der Waals surface area (Å²) >= 11 is 9.49. The number of hydrogen-bond donors (Lipinski definition) is 1. The summed E-state index contributed by atoms with van der Waals surface area (Å²) in [5.41, 5.74) is 0.577. The van der Waals surface area contributed by atoms with Crippen LogP contribution < -0.4 is 5.32 Å². The summed E-state index contributed by atoms with van der Waals surface area (Å²) in [7, 11) is 0. The minimum atomic E-state index is 0.0173. The van der Waals surface area contributed by atoms with E-state index in [9.17, 15) is 4.79 Å². The van der Waals surface area contributed by atoms with Gasteiger partial charge in [0.25, 0.3) is 5.91 Å². The first-order valence-corrected chi connectivity index (χ1v) is 7.27. The molecule has 1 N–H and O–H groups in total. The molecule has 0 radical (unpaired) electrons. The summed E-state index contributed by atoms with van der Waals surface area (Å²) in [5.74, 6) is 0.0173. The predicted molar refractivity (Wildman–Crippen MR) is 77.1 cm³/mol. The molecule has 1 heterocycles. The Hall–Kier alpha value is -0.580. The molecule has 1 aromatic carbocycles. The smallest absolute Gasteiger partial charge is 0.255 e. The lowest BCUT2D eigenvalue weighted by atomic mass is 10.1. The molecular weight excluding hydrogens is 316 g/mol. The normalized spacial score (nSPS) is 18.9. The highest BCUT2D eigenvalue weighted by molar-refractivity contribution is 9.10. The Labute approximate surface area is 121 Å². The van der Waals surface area contributed by atoms with Crippen molar-refractivity contribution < 1.29 is 4.79 Å². The van der Waals surface area contributed by atoms with Crippen molar-refractivity contribution in [3.63, 3.8) is 0 Å². The number of nitrogens with one attached hydrogen (secondary N) is 1.